The van der Waals surface area contributed by atoms with Crippen LogP contribution in [0.1, 0.15) is 29.5 Å². The molecule has 1 aliphatic heterocycles. The highest BCUT2D eigenvalue weighted by Crippen LogP contribution is 2.20. The number of rotatable bonds is 7. The Morgan fingerprint density at radius 1 is 1.18 bits per heavy atom. The summed E-state index contributed by atoms with van der Waals surface area (Å²) in [5.41, 5.74) is 1.34. The van der Waals surface area contributed by atoms with Gasteiger partial charge < -0.3 is 20.4 Å². The van der Waals surface area contributed by atoms with Crippen LogP contribution in [-0.2, 0) is 6.54 Å². The van der Waals surface area contributed by atoms with Gasteiger partial charge in [-0.25, -0.2) is 0 Å². The van der Waals surface area contributed by atoms with Gasteiger partial charge in [-0.2, -0.15) is 0 Å². The van der Waals surface area contributed by atoms with Crippen molar-refractivity contribution in [2.75, 3.05) is 26.7 Å². The summed E-state index contributed by atoms with van der Waals surface area (Å²) in [6, 6.07) is 14.8. The molecule has 7 heteroatoms. The average Bonchev–Trinajstić information content (AvgIpc) is 3.35. The number of likely N-dealkylation sites (tertiary alicyclic amines) is 1. The van der Waals surface area contributed by atoms with Crippen molar-refractivity contribution >= 4 is 11.9 Å². The first-order valence-electron chi connectivity index (χ1n) is 9.72. The van der Waals surface area contributed by atoms with Crippen molar-refractivity contribution in [3.8, 4) is 0 Å². The van der Waals surface area contributed by atoms with Crippen LogP contribution in [0.15, 0.2) is 58.1 Å². The van der Waals surface area contributed by atoms with Gasteiger partial charge in [-0.3, -0.25) is 14.7 Å². The number of nitrogens with one attached hydrogen (secondary N) is 3. The molecule has 28 heavy (non-hydrogen) atoms. The van der Waals surface area contributed by atoms with Crippen molar-refractivity contribution in [3.05, 3.63) is 60.1 Å². The first-order chi connectivity index (χ1) is 13.7. The Hall–Kier alpha value is -2.80. The van der Waals surface area contributed by atoms with E-state index in [1.165, 1.54) is 11.8 Å². The van der Waals surface area contributed by atoms with Crippen LogP contribution in [0.5, 0.6) is 0 Å². The van der Waals surface area contributed by atoms with Crippen LogP contribution in [0.3, 0.4) is 0 Å². The molecule has 2 atom stereocenters. The second-order valence-corrected chi connectivity index (χ2v) is 7.07. The van der Waals surface area contributed by atoms with Crippen LogP contribution >= 0.6 is 0 Å². The maximum Gasteiger partial charge on any atom is 0.287 e. The zero-order chi connectivity index (χ0) is 19.8. The van der Waals surface area contributed by atoms with Crippen molar-refractivity contribution in [2.45, 2.75) is 32.0 Å². The summed E-state index contributed by atoms with van der Waals surface area (Å²) in [5.74, 6) is 0.864. The van der Waals surface area contributed by atoms with Crippen LogP contribution in [-0.4, -0.2) is 55.5 Å². The number of amides is 1. The average molecular weight is 383 g/mol. The number of nitrogens with zero attached hydrogens (tertiary/aromatic N) is 2. The van der Waals surface area contributed by atoms with Crippen LogP contribution in [0.25, 0.3) is 0 Å². The molecule has 0 saturated carbocycles. The number of furan rings is 1. The predicted octanol–water partition coefficient (Wildman–Crippen LogP) is 1.84. The lowest BCUT2D eigenvalue weighted by Crippen LogP contribution is -2.46. The topological polar surface area (TPSA) is 81.9 Å². The number of benzene rings is 1. The molecule has 1 saturated heterocycles. The van der Waals surface area contributed by atoms with Gasteiger partial charge in [0.15, 0.2) is 11.7 Å². The molecule has 1 fully saturated rings. The van der Waals surface area contributed by atoms with E-state index in [0.29, 0.717) is 30.9 Å². The van der Waals surface area contributed by atoms with E-state index in [2.05, 4.69) is 57.0 Å². The number of guanidine groups is 1. The second-order valence-electron chi connectivity index (χ2n) is 7.07. The molecule has 1 aliphatic rings. The van der Waals surface area contributed by atoms with Crippen molar-refractivity contribution in [3.63, 3.8) is 0 Å². The molecule has 1 amide bonds. The zero-order valence-corrected chi connectivity index (χ0v) is 16.5. The highest BCUT2D eigenvalue weighted by Gasteiger charge is 2.29. The number of aliphatic imine (C=N–C) groups is 1. The van der Waals surface area contributed by atoms with Gasteiger partial charge in [0.2, 0.25) is 0 Å². The highest BCUT2D eigenvalue weighted by molar-refractivity contribution is 5.91. The number of carbonyl (C=O) groups is 1. The summed E-state index contributed by atoms with van der Waals surface area (Å²) < 4.78 is 5.07. The fourth-order valence-electron chi connectivity index (χ4n) is 3.48. The Morgan fingerprint density at radius 2 is 1.96 bits per heavy atom. The first-order valence-corrected chi connectivity index (χ1v) is 9.72. The van der Waals surface area contributed by atoms with E-state index in [9.17, 15) is 4.79 Å². The molecule has 2 unspecified atom stereocenters. The minimum atomic E-state index is -0.212. The van der Waals surface area contributed by atoms with Gasteiger partial charge in [0.05, 0.1) is 6.26 Å². The van der Waals surface area contributed by atoms with Crippen molar-refractivity contribution in [1.82, 2.24) is 20.9 Å². The molecule has 7 nitrogen and oxygen atoms in total. The molecule has 0 radical (unpaired) electrons. The predicted molar refractivity (Wildman–Crippen MR) is 110 cm³/mol. The maximum absolute atomic E-state index is 11.8. The Balaban J connectivity index is 1.39. The largest absolute Gasteiger partial charge is 0.459 e. The second kappa shape index (κ2) is 9.94. The van der Waals surface area contributed by atoms with E-state index < -0.39 is 0 Å². The van der Waals surface area contributed by atoms with Gasteiger partial charge in [-0.05, 0) is 31.0 Å². The molecule has 2 aromatic rings. The van der Waals surface area contributed by atoms with Gasteiger partial charge >= 0.3 is 0 Å². The first kappa shape index (κ1) is 19.9. The Morgan fingerprint density at radius 3 is 2.68 bits per heavy atom. The molecule has 150 valence electrons. The van der Waals surface area contributed by atoms with E-state index in [4.69, 9.17) is 4.42 Å². The monoisotopic (exact) mass is 383 g/mol. The van der Waals surface area contributed by atoms with Crippen LogP contribution in [0.4, 0.5) is 0 Å². The lowest BCUT2D eigenvalue weighted by Gasteiger charge is -2.21. The lowest BCUT2D eigenvalue weighted by molar-refractivity contribution is 0.0926. The molecule has 1 aromatic heterocycles. The highest BCUT2D eigenvalue weighted by atomic mass is 16.3. The Labute approximate surface area is 166 Å². The van der Waals surface area contributed by atoms with Gasteiger partial charge in [-0.1, -0.05) is 30.3 Å². The normalized spacial score (nSPS) is 20.1. The van der Waals surface area contributed by atoms with E-state index in [0.717, 1.165) is 25.5 Å². The standard InChI is InChI=1S/C21H29N5O2/c1-16-13-18(15-26(16)14-17-7-4-3-5-8-17)25-21(22-2)24-11-10-23-20(27)19-9-6-12-28-19/h3-9,12,16,18H,10-11,13-15H2,1-2H3,(H,23,27)(H2,22,24,25). The number of carbonyl (C=O) groups excluding carboxylic acids is 1. The molecule has 3 rings (SSSR count). The molecule has 1 aromatic carbocycles. The van der Waals surface area contributed by atoms with Crippen molar-refractivity contribution in [1.29, 1.82) is 0 Å². The number of hydrogen-bond donors (Lipinski definition) is 3. The summed E-state index contributed by atoms with van der Waals surface area (Å²) in [7, 11) is 1.76. The summed E-state index contributed by atoms with van der Waals surface area (Å²) in [6.07, 6.45) is 2.56. The van der Waals surface area contributed by atoms with E-state index in [1.807, 2.05) is 6.07 Å². The molecule has 0 aliphatic carbocycles. The van der Waals surface area contributed by atoms with Crippen LogP contribution < -0.4 is 16.0 Å². The summed E-state index contributed by atoms with van der Waals surface area (Å²) >= 11 is 0. The van der Waals surface area contributed by atoms with E-state index in [1.54, 1.807) is 19.2 Å². The Bertz CT molecular complexity index is 760. The van der Waals surface area contributed by atoms with Crippen molar-refractivity contribution in [2.24, 2.45) is 4.99 Å². The fraction of sp³-hybridized carbons (Fsp3) is 0.429. The fourth-order valence-corrected chi connectivity index (χ4v) is 3.48. The third-order valence-electron chi connectivity index (χ3n) is 4.94. The molecule has 3 N–H and O–H groups in total. The van der Waals surface area contributed by atoms with Crippen LogP contribution in [0, 0.1) is 0 Å². The summed E-state index contributed by atoms with van der Waals surface area (Å²) in [5, 5.41) is 9.56. The molecule has 2 heterocycles. The van der Waals surface area contributed by atoms with Crippen LogP contribution in [0.2, 0.25) is 0 Å². The van der Waals surface area contributed by atoms with Gasteiger partial charge in [0.25, 0.3) is 5.91 Å². The minimum absolute atomic E-state index is 0.212. The van der Waals surface area contributed by atoms with Gasteiger partial charge in [0, 0.05) is 45.3 Å². The molecular weight excluding hydrogens is 354 g/mol. The summed E-state index contributed by atoms with van der Waals surface area (Å²) in [6.45, 7) is 5.28. The van der Waals surface area contributed by atoms with Gasteiger partial charge in [-0.15, -0.1) is 0 Å². The third kappa shape index (κ3) is 5.60. The van der Waals surface area contributed by atoms with Gasteiger partial charge in [0.1, 0.15) is 0 Å². The Kier molecular flexibility index (Phi) is 7.08. The lowest BCUT2D eigenvalue weighted by atomic mass is 10.2. The smallest absolute Gasteiger partial charge is 0.287 e. The number of hydrogen-bond acceptors (Lipinski definition) is 4. The minimum Gasteiger partial charge on any atom is -0.459 e. The van der Waals surface area contributed by atoms with E-state index >= 15 is 0 Å². The molecular formula is C21H29N5O2. The zero-order valence-electron chi connectivity index (χ0n) is 16.5. The SMILES string of the molecule is CN=C(NCCNC(=O)c1ccco1)NC1CC(C)N(Cc2ccccc2)C1. The maximum atomic E-state index is 11.8. The molecule has 0 spiro atoms. The summed E-state index contributed by atoms with van der Waals surface area (Å²) in [4.78, 5) is 18.6. The van der Waals surface area contributed by atoms with E-state index in [-0.39, 0.29) is 5.91 Å². The van der Waals surface area contributed by atoms with Crippen molar-refractivity contribution < 1.29 is 9.21 Å². The third-order valence-corrected chi connectivity index (χ3v) is 4.94. The molecule has 0 bridgehead atoms. The quantitative estimate of drug-likeness (QED) is 0.386.